The molecule has 9 aromatic rings. The molecule has 0 bridgehead atoms. The summed E-state index contributed by atoms with van der Waals surface area (Å²) in [5.41, 5.74) is 7.35. The van der Waals surface area contributed by atoms with Crippen molar-refractivity contribution in [2.24, 2.45) is 0 Å². The summed E-state index contributed by atoms with van der Waals surface area (Å²) in [4.78, 5) is 23.4. The van der Waals surface area contributed by atoms with Gasteiger partial charge >= 0.3 is 6.18 Å². The zero-order valence-electron chi connectivity index (χ0n) is 75.9. The van der Waals surface area contributed by atoms with E-state index in [1.807, 2.05) is 130 Å². The van der Waals surface area contributed by atoms with Crippen LogP contribution in [0, 0.1) is 13.8 Å². The fraction of sp³-hybridized carbons (Fsp3) is 0.446. The van der Waals surface area contributed by atoms with Gasteiger partial charge < -0.3 is 52.5 Å². The molecule has 0 radical (unpaired) electrons. The Morgan fingerprint density at radius 2 is 0.867 bits per heavy atom. The Bertz CT molecular complexity index is 5540. The number of benzene rings is 9. The summed E-state index contributed by atoms with van der Waals surface area (Å²) in [5.74, 6) is -0.160. The molecule has 8 heterocycles. The number of aliphatic hydroxyl groups excluding tert-OH is 1. The molecule has 8 fully saturated rings. The molecule has 12 atom stereocenters. The Morgan fingerprint density at radius 1 is 0.444 bits per heavy atom. The van der Waals surface area contributed by atoms with Gasteiger partial charge in [-0.1, -0.05) is 195 Å². The van der Waals surface area contributed by atoms with Crippen LogP contribution in [0.25, 0.3) is 0 Å². The Kier molecular flexibility index (Phi) is 44.5. The van der Waals surface area contributed by atoms with Gasteiger partial charge in [0.15, 0.2) is 25.5 Å². The first-order valence-electron chi connectivity index (χ1n) is 44.4. The van der Waals surface area contributed by atoms with Gasteiger partial charge in [0.25, 0.3) is 10.1 Å². The normalized spacial score (nSPS) is 24.1. The van der Waals surface area contributed by atoms with Crippen LogP contribution in [0.3, 0.4) is 0 Å². The number of Topliss-reactive ketones (excluding diaryl/α,β-unsaturated/α-hetero) is 2. The molecule has 8 saturated heterocycles. The fourth-order valence-electron chi connectivity index (χ4n) is 16.5. The summed E-state index contributed by atoms with van der Waals surface area (Å²) in [6, 6.07) is 64.4. The monoisotopic (exact) mass is 2170 g/mol. The van der Waals surface area contributed by atoms with Crippen molar-refractivity contribution in [1.29, 1.82) is 0 Å². The largest absolute Gasteiger partial charge is 0.416 e. The zero-order valence-corrected chi connectivity index (χ0v) is 85.9. The van der Waals surface area contributed by atoms with Crippen molar-refractivity contribution >= 4 is 145 Å². The maximum atomic E-state index is 13.4. The minimum atomic E-state index is -4.32. The van der Waals surface area contributed by atoms with E-state index in [2.05, 4.69) is 22.6 Å². The lowest BCUT2D eigenvalue weighted by atomic mass is 9.83. The van der Waals surface area contributed by atoms with Crippen LogP contribution in [0.4, 0.5) is 13.2 Å². The molecule has 8 aliphatic rings. The summed E-state index contributed by atoms with van der Waals surface area (Å²) in [6.07, 6.45) is 1.74. The molecular formula is C101H116Cl6F3IO20S4. The number of carbonyl (C=O) groups is 2. The number of halogens is 10. The van der Waals surface area contributed by atoms with Gasteiger partial charge in [0.2, 0.25) is 0 Å². The average molecular weight is 2170 g/mol. The van der Waals surface area contributed by atoms with Crippen molar-refractivity contribution in [2.45, 2.75) is 172 Å². The molecule has 17 rings (SSSR count). The highest BCUT2D eigenvalue weighted by atomic mass is 127. The van der Waals surface area contributed by atoms with Gasteiger partial charge in [-0.25, -0.2) is 16.8 Å². The second-order valence-electron chi connectivity index (χ2n) is 33.7. The van der Waals surface area contributed by atoms with E-state index in [1.165, 1.54) is 23.9 Å². The van der Waals surface area contributed by atoms with E-state index in [0.717, 1.165) is 81.3 Å². The quantitative estimate of drug-likeness (QED) is 0.0408. The number of ether oxygens (including phenoxy) is 10. The van der Waals surface area contributed by atoms with Gasteiger partial charge in [0, 0.05) is 143 Å². The number of alkyl halides is 4. The third-order valence-corrected chi connectivity index (χ3v) is 34.0. The molecule has 0 amide bonds. The van der Waals surface area contributed by atoms with Gasteiger partial charge in [0.1, 0.15) is 11.6 Å². The first-order valence-corrected chi connectivity index (χ1v) is 53.6. The Balaban J connectivity index is 0.000000163. The third-order valence-electron chi connectivity index (χ3n) is 24.3. The molecule has 135 heavy (non-hydrogen) atoms. The van der Waals surface area contributed by atoms with Crippen LogP contribution < -0.4 is 0 Å². The van der Waals surface area contributed by atoms with Crippen LogP contribution in [-0.4, -0.2) is 205 Å². The Labute approximate surface area is 839 Å². The molecule has 734 valence electrons. The van der Waals surface area contributed by atoms with E-state index in [9.17, 15) is 53.1 Å². The predicted molar refractivity (Wildman–Crippen MR) is 534 cm³/mol. The molecule has 12 unspecified atom stereocenters. The van der Waals surface area contributed by atoms with Crippen molar-refractivity contribution in [1.82, 2.24) is 0 Å². The summed E-state index contributed by atoms with van der Waals surface area (Å²) >= 11 is 39.0. The van der Waals surface area contributed by atoms with Gasteiger partial charge in [-0.05, 0) is 213 Å². The summed E-state index contributed by atoms with van der Waals surface area (Å²) in [6.45, 7) is 14.6. The molecular weight excluding hydrogens is 2060 g/mol. The van der Waals surface area contributed by atoms with E-state index in [-0.39, 0.29) is 62.7 Å². The molecule has 0 aromatic heterocycles. The Hall–Kier alpha value is -5.70. The highest BCUT2D eigenvalue weighted by molar-refractivity contribution is 14.1. The standard InChI is InChI=1S/C19H21ClO3S.C18H16ClF3OS.C18H19ClO3S.C12H15ClO4S.C11H13ClO2.C11H11ClO2.C7H13IO3.C5H8O2/c1-14-4-3-5-17(12-14)24(21,22)19(2)10-11-23-13-18(19)15-6-8-16(20)9-7-15;19-14-6-4-12(5-7-14)16-11-23-9-8-17(16)24-15-3-1-2-13(10-15)18(20,21)22;1-13-3-2-4-16(11-13)23(20,21)18-9-10-22-12-17(18)14-5-7-15(19)8-6-14;1-18(14,15)17-12-6-7-16-8-11(12)9-2-4-10(13)5-3-9;2*12-9-3-1-8(2-4-9)10-7-14-6-5-11(10)13;1-9-7(10-2)3-4-11-5-6(7)8;6-5-1-3-7-4-2-5/h3-9,12,18H,10-11,13H2,1-2H3;1-7,10,16-17H,8-9,11H2;2-8,11,17-18H,9-10,12H2,1H3;2-5,11-12H,6-8H2,1H3;1-4,10-11,13H,5-7H2;1-4,10H,5-7H2;6H,3-5H2,1-2H3;1-4H2. The number of ketones is 2. The average Bonchev–Trinajstić information content (AvgIpc) is 0.740. The SMILES string of the molecule is COC1(OC)CCOCC1I.CS(=O)(=O)OC1CCOCC1c1ccc(Cl)cc1.Cc1cccc(S(=O)(=O)C2(C)CCOCC2c2ccc(Cl)cc2)c1.Cc1cccc(S(=O)(=O)C2CCOCC2c2ccc(Cl)cc2)c1.FC(F)(F)c1cccc(SC2CCOCC2c2ccc(Cl)cc2)c1.O=C1CCOCC1.O=C1CCOCC1c1ccc(Cl)cc1.OC1CCOCC1c1ccc(Cl)cc1. The van der Waals surface area contributed by atoms with Crippen LogP contribution in [0.5, 0.6) is 0 Å². The number of hydrogen-bond donors (Lipinski definition) is 1. The number of thioether (sulfide) groups is 1. The maximum absolute atomic E-state index is 13.4. The van der Waals surface area contributed by atoms with Crippen molar-refractivity contribution in [3.8, 4) is 0 Å². The zero-order chi connectivity index (χ0) is 97.5. The summed E-state index contributed by atoms with van der Waals surface area (Å²) in [5, 5.41) is 13.5. The number of aryl methyl sites for hydroxylation is 2. The lowest BCUT2D eigenvalue weighted by Gasteiger charge is -2.41. The highest BCUT2D eigenvalue weighted by Gasteiger charge is 2.50. The predicted octanol–water partition coefficient (Wildman–Crippen LogP) is 22.8. The number of carbonyl (C=O) groups excluding carboxylic acids is 2. The van der Waals surface area contributed by atoms with Gasteiger partial charge in [-0.15, -0.1) is 11.8 Å². The topological polar surface area (TPSA) is 258 Å². The van der Waals surface area contributed by atoms with Crippen molar-refractivity contribution < 1.29 is 105 Å². The fourth-order valence-corrected chi connectivity index (χ4v) is 24.4. The number of methoxy groups -OCH3 is 2. The lowest BCUT2D eigenvalue weighted by Crippen LogP contribution is -2.49. The number of hydrogen-bond acceptors (Lipinski definition) is 21. The molecule has 34 heteroatoms. The van der Waals surface area contributed by atoms with Crippen molar-refractivity contribution in [3.63, 3.8) is 0 Å². The minimum Gasteiger partial charge on any atom is -0.392 e. The second-order valence-corrected chi connectivity index (χ2v) is 45.3. The first kappa shape index (κ1) is 111. The number of rotatable bonds is 16. The second kappa shape index (κ2) is 54.0. The number of aliphatic hydroxyl groups is 1. The van der Waals surface area contributed by atoms with Gasteiger partial charge in [0.05, 0.1) is 126 Å². The molecule has 9 aromatic carbocycles. The van der Waals surface area contributed by atoms with Crippen LogP contribution in [-0.2, 0) is 97.1 Å². The van der Waals surface area contributed by atoms with Crippen LogP contribution in [0.15, 0.2) is 233 Å². The van der Waals surface area contributed by atoms with Crippen LogP contribution in [0.1, 0.15) is 150 Å². The van der Waals surface area contributed by atoms with E-state index in [0.29, 0.717) is 190 Å². The lowest BCUT2D eigenvalue weighted by molar-refractivity contribution is -0.234. The highest BCUT2D eigenvalue weighted by Crippen LogP contribution is 2.46. The summed E-state index contributed by atoms with van der Waals surface area (Å²) < 4.78 is 172. The van der Waals surface area contributed by atoms with E-state index in [4.69, 9.17) is 121 Å². The maximum Gasteiger partial charge on any atom is 0.416 e. The van der Waals surface area contributed by atoms with E-state index in [1.54, 1.807) is 105 Å². The molecule has 0 spiro atoms. The van der Waals surface area contributed by atoms with Gasteiger partial charge in [-0.3, -0.25) is 13.8 Å². The molecule has 20 nitrogen and oxygen atoms in total. The van der Waals surface area contributed by atoms with Crippen LogP contribution >= 0.6 is 104 Å². The molecule has 0 aliphatic carbocycles. The minimum absolute atomic E-state index is 0.0780. The third kappa shape index (κ3) is 33.5. The first-order chi connectivity index (χ1) is 64.4. The smallest absolute Gasteiger partial charge is 0.392 e. The van der Waals surface area contributed by atoms with Crippen LogP contribution in [0.2, 0.25) is 30.1 Å². The van der Waals surface area contributed by atoms with Crippen molar-refractivity contribution in [3.05, 3.63) is 299 Å². The Morgan fingerprint density at radius 3 is 1.36 bits per heavy atom. The molecule has 1 N–H and O–H groups in total. The van der Waals surface area contributed by atoms with Gasteiger partial charge in [-0.2, -0.15) is 21.6 Å². The van der Waals surface area contributed by atoms with Crippen molar-refractivity contribution in [2.75, 3.05) is 126 Å². The molecule has 8 aliphatic heterocycles. The number of sulfone groups is 2. The van der Waals surface area contributed by atoms with E-state index >= 15 is 0 Å². The molecule has 0 saturated carbocycles. The van der Waals surface area contributed by atoms with E-state index < -0.39 is 57.3 Å². The summed E-state index contributed by atoms with van der Waals surface area (Å²) in [7, 11) is -7.00.